The van der Waals surface area contributed by atoms with Gasteiger partial charge in [-0.2, -0.15) is 0 Å². The lowest BCUT2D eigenvalue weighted by Gasteiger charge is -2.04. The van der Waals surface area contributed by atoms with Crippen molar-refractivity contribution in [2.24, 2.45) is 5.73 Å². The lowest BCUT2D eigenvalue weighted by Crippen LogP contribution is -2.11. The summed E-state index contributed by atoms with van der Waals surface area (Å²) in [6.45, 7) is 3.98. The number of fused-ring (bicyclic) bond motifs is 1. The number of hydrogen-bond acceptors (Lipinski definition) is 1. The normalized spacial score (nSPS) is 11.9. The van der Waals surface area contributed by atoms with Crippen molar-refractivity contribution in [2.75, 3.05) is 0 Å². The van der Waals surface area contributed by atoms with E-state index >= 15 is 0 Å². The van der Waals surface area contributed by atoms with E-state index in [1.807, 2.05) is 19.1 Å². The summed E-state index contributed by atoms with van der Waals surface area (Å²) in [4.78, 5) is 0. The fourth-order valence-electron chi connectivity index (χ4n) is 1.73. The number of rotatable bonds is 0. The second-order valence-corrected chi connectivity index (χ2v) is 4.04. The molecule has 1 atom stereocenters. The highest BCUT2D eigenvalue weighted by Gasteiger charge is 2.01. The van der Waals surface area contributed by atoms with Gasteiger partial charge < -0.3 is 5.73 Å². The van der Waals surface area contributed by atoms with Crippen LogP contribution in [0.1, 0.15) is 18.1 Å². The van der Waals surface area contributed by atoms with Gasteiger partial charge in [0, 0.05) is 5.56 Å². The summed E-state index contributed by atoms with van der Waals surface area (Å²) < 4.78 is 0. The minimum absolute atomic E-state index is 0.0848. The Kier molecular flexibility index (Phi) is 2.94. The Morgan fingerprint density at radius 3 is 2.62 bits per heavy atom. The van der Waals surface area contributed by atoms with Crippen LogP contribution >= 0.6 is 0 Å². The molecule has 0 aliphatic carbocycles. The molecule has 0 saturated heterocycles. The molecule has 2 N–H and O–H groups in total. The third kappa shape index (κ3) is 2.08. The smallest absolute Gasteiger partial charge is 0.0639 e. The van der Waals surface area contributed by atoms with E-state index in [2.05, 4.69) is 43.0 Å². The fraction of sp³-hybridized carbons (Fsp3) is 0.200. The quantitative estimate of drug-likeness (QED) is 0.663. The molecule has 80 valence electrons. The van der Waals surface area contributed by atoms with E-state index in [0.29, 0.717) is 0 Å². The van der Waals surface area contributed by atoms with E-state index in [4.69, 9.17) is 5.73 Å². The predicted molar refractivity (Wildman–Crippen MR) is 69.2 cm³/mol. The van der Waals surface area contributed by atoms with Crippen molar-refractivity contribution in [3.8, 4) is 11.8 Å². The molecule has 0 aromatic heterocycles. The Hall–Kier alpha value is -1.78. The molecule has 2 aromatic rings. The second kappa shape index (κ2) is 4.38. The Morgan fingerprint density at radius 1 is 1.12 bits per heavy atom. The summed E-state index contributed by atoms with van der Waals surface area (Å²) in [5.41, 5.74) is 7.95. The van der Waals surface area contributed by atoms with Gasteiger partial charge in [-0.3, -0.25) is 0 Å². The molecular weight excluding hydrogens is 194 g/mol. The van der Waals surface area contributed by atoms with E-state index in [1.54, 1.807) is 0 Å². The third-order valence-electron chi connectivity index (χ3n) is 2.56. The first-order chi connectivity index (χ1) is 7.68. The van der Waals surface area contributed by atoms with Gasteiger partial charge in [0.05, 0.1) is 6.04 Å². The van der Waals surface area contributed by atoms with Gasteiger partial charge in [-0.15, -0.1) is 0 Å². The molecule has 0 fully saturated rings. The van der Waals surface area contributed by atoms with Crippen LogP contribution in [-0.2, 0) is 0 Å². The van der Waals surface area contributed by atoms with Crippen LogP contribution in [0.4, 0.5) is 0 Å². The van der Waals surface area contributed by atoms with E-state index in [-0.39, 0.29) is 6.04 Å². The topological polar surface area (TPSA) is 26.0 Å². The Labute approximate surface area is 96.3 Å². The van der Waals surface area contributed by atoms with E-state index in [1.165, 1.54) is 16.3 Å². The van der Waals surface area contributed by atoms with Crippen molar-refractivity contribution >= 4 is 10.8 Å². The lowest BCUT2D eigenvalue weighted by molar-refractivity contribution is 0.959. The zero-order chi connectivity index (χ0) is 11.5. The second-order valence-electron chi connectivity index (χ2n) is 4.04. The van der Waals surface area contributed by atoms with Gasteiger partial charge >= 0.3 is 0 Å². The van der Waals surface area contributed by atoms with Crippen molar-refractivity contribution < 1.29 is 0 Å². The minimum atomic E-state index is -0.0848. The molecule has 0 aliphatic heterocycles. The first kappa shape index (κ1) is 10.7. The van der Waals surface area contributed by atoms with E-state index < -0.39 is 0 Å². The van der Waals surface area contributed by atoms with Crippen LogP contribution in [0.3, 0.4) is 0 Å². The van der Waals surface area contributed by atoms with Crippen LogP contribution in [0.5, 0.6) is 0 Å². The van der Waals surface area contributed by atoms with E-state index in [9.17, 15) is 0 Å². The summed E-state index contributed by atoms with van der Waals surface area (Å²) >= 11 is 0. The molecule has 0 amide bonds. The van der Waals surface area contributed by atoms with Crippen molar-refractivity contribution in [1.82, 2.24) is 0 Å². The van der Waals surface area contributed by atoms with Gasteiger partial charge in [0.15, 0.2) is 0 Å². The monoisotopic (exact) mass is 209 g/mol. The van der Waals surface area contributed by atoms with Gasteiger partial charge in [-0.1, -0.05) is 48.2 Å². The third-order valence-corrected chi connectivity index (χ3v) is 2.56. The zero-order valence-electron chi connectivity index (χ0n) is 9.62. The standard InChI is InChI=1S/C15H15N/c1-11-7-9-13-5-3-4-6-15(13)14(11)10-8-12(2)16/h3-7,9,12H,16H2,1-2H3. The molecule has 2 rings (SSSR count). The largest absolute Gasteiger partial charge is 0.318 e. The van der Waals surface area contributed by atoms with Gasteiger partial charge in [-0.25, -0.2) is 0 Å². The number of benzene rings is 2. The Morgan fingerprint density at radius 2 is 1.88 bits per heavy atom. The molecule has 0 bridgehead atoms. The summed E-state index contributed by atoms with van der Waals surface area (Å²) in [7, 11) is 0. The average molecular weight is 209 g/mol. The molecule has 0 saturated carbocycles. The minimum Gasteiger partial charge on any atom is -0.318 e. The molecule has 0 aliphatic rings. The maximum Gasteiger partial charge on any atom is 0.0639 e. The molecule has 1 unspecified atom stereocenters. The Bertz CT molecular complexity index is 571. The molecule has 2 aromatic carbocycles. The van der Waals surface area contributed by atoms with Crippen molar-refractivity contribution in [3.63, 3.8) is 0 Å². The molecule has 16 heavy (non-hydrogen) atoms. The zero-order valence-corrected chi connectivity index (χ0v) is 9.62. The van der Waals surface area contributed by atoms with Crippen LogP contribution in [0, 0.1) is 18.8 Å². The molecule has 0 heterocycles. The van der Waals surface area contributed by atoms with Gasteiger partial charge in [0.1, 0.15) is 0 Å². The average Bonchev–Trinajstić information content (AvgIpc) is 2.27. The first-order valence-electron chi connectivity index (χ1n) is 5.44. The number of hydrogen-bond donors (Lipinski definition) is 1. The van der Waals surface area contributed by atoms with Crippen molar-refractivity contribution in [1.29, 1.82) is 0 Å². The molecule has 1 heteroatoms. The van der Waals surface area contributed by atoms with Gasteiger partial charge in [0.2, 0.25) is 0 Å². The van der Waals surface area contributed by atoms with Crippen molar-refractivity contribution in [3.05, 3.63) is 47.5 Å². The summed E-state index contributed by atoms with van der Waals surface area (Å²) in [6, 6.07) is 12.4. The molecule has 1 nitrogen and oxygen atoms in total. The highest BCUT2D eigenvalue weighted by atomic mass is 14.6. The predicted octanol–water partition coefficient (Wildman–Crippen LogP) is 2.85. The van der Waals surface area contributed by atoms with Gasteiger partial charge in [0.25, 0.3) is 0 Å². The number of aryl methyl sites for hydroxylation is 1. The van der Waals surface area contributed by atoms with Gasteiger partial charge in [-0.05, 0) is 30.2 Å². The SMILES string of the molecule is Cc1ccc2ccccc2c1C#CC(C)N. The highest BCUT2D eigenvalue weighted by Crippen LogP contribution is 2.21. The lowest BCUT2D eigenvalue weighted by atomic mass is 10.00. The molecule has 0 spiro atoms. The van der Waals surface area contributed by atoms with Crippen LogP contribution in [0.2, 0.25) is 0 Å². The van der Waals surface area contributed by atoms with Crippen LogP contribution in [-0.4, -0.2) is 6.04 Å². The fourth-order valence-corrected chi connectivity index (χ4v) is 1.73. The summed E-state index contributed by atoms with van der Waals surface area (Å²) in [5, 5.41) is 2.43. The van der Waals surface area contributed by atoms with E-state index in [0.717, 1.165) is 5.56 Å². The van der Waals surface area contributed by atoms with Crippen LogP contribution in [0.25, 0.3) is 10.8 Å². The molecular formula is C15H15N. The number of nitrogens with two attached hydrogens (primary N) is 1. The summed E-state index contributed by atoms with van der Waals surface area (Å²) in [6.07, 6.45) is 0. The Balaban J connectivity index is 2.68. The maximum absolute atomic E-state index is 5.66. The molecule has 0 radical (unpaired) electrons. The maximum atomic E-state index is 5.66. The highest BCUT2D eigenvalue weighted by molar-refractivity contribution is 5.89. The van der Waals surface area contributed by atoms with Crippen LogP contribution < -0.4 is 5.73 Å². The van der Waals surface area contributed by atoms with Crippen molar-refractivity contribution in [2.45, 2.75) is 19.9 Å². The summed E-state index contributed by atoms with van der Waals surface area (Å²) in [5.74, 6) is 6.20. The first-order valence-corrected chi connectivity index (χ1v) is 5.44. The van der Waals surface area contributed by atoms with Crippen LogP contribution in [0.15, 0.2) is 36.4 Å².